The van der Waals surface area contributed by atoms with Gasteiger partial charge in [-0.2, -0.15) is 10.2 Å². The van der Waals surface area contributed by atoms with E-state index in [1.165, 1.54) is 18.3 Å². The summed E-state index contributed by atoms with van der Waals surface area (Å²) in [7, 11) is 0. The van der Waals surface area contributed by atoms with Crippen molar-refractivity contribution in [3.63, 3.8) is 0 Å². The summed E-state index contributed by atoms with van der Waals surface area (Å²) in [6.45, 7) is 0. The quantitative estimate of drug-likeness (QED) is 0.767. The highest BCUT2D eigenvalue weighted by Crippen LogP contribution is 2.38. The number of aromatic hydroxyl groups is 1. The first kappa shape index (κ1) is 13.5. The molecule has 0 amide bonds. The summed E-state index contributed by atoms with van der Waals surface area (Å²) in [6.07, 6.45) is 3.08. The zero-order valence-electron chi connectivity index (χ0n) is 10.8. The van der Waals surface area contributed by atoms with Crippen molar-refractivity contribution in [1.29, 1.82) is 0 Å². The van der Waals surface area contributed by atoms with Crippen molar-refractivity contribution in [3.05, 3.63) is 65.7 Å². The predicted molar refractivity (Wildman–Crippen MR) is 79.5 cm³/mol. The first-order valence-electron chi connectivity index (χ1n) is 6.20. The van der Waals surface area contributed by atoms with Crippen LogP contribution < -0.4 is 0 Å². The van der Waals surface area contributed by atoms with E-state index < -0.39 is 0 Å². The minimum absolute atomic E-state index is 0.0757. The van der Waals surface area contributed by atoms with E-state index in [9.17, 15) is 9.50 Å². The highest BCUT2D eigenvalue weighted by Gasteiger charge is 2.11. The van der Waals surface area contributed by atoms with Gasteiger partial charge in [0.1, 0.15) is 11.6 Å². The van der Waals surface area contributed by atoms with Crippen molar-refractivity contribution in [2.75, 3.05) is 0 Å². The van der Waals surface area contributed by atoms with Crippen LogP contribution in [0.3, 0.4) is 0 Å². The minimum atomic E-state index is -0.321. The lowest BCUT2D eigenvalue weighted by Crippen LogP contribution is -1.86. The lowest BCUT2D eigenvalue weighted by molar-refractivity contribution is 0.477. The Balaban J connectivity index is 2.10. The largest absolute Gasteiger partial charge is 0.507 e. The second-order valence-electron chi connectivity index (χ2n) is 4.49. The molecule has 0 bridgehead atoms. The fraction of sp³-hybridized carbons (Fsp3) is 0. The average Bonchev–Trinajstić information content (AvgIpc) is 2.51. The van der Waals surface area contributed by atoms with E-state index in [1.54, 1.807) is 36.5 Å². The molecule has 1 heterocycles. The van der Waals surface area contributed by atoms with Crippen LogP contribution in [0.1, 0.15) is 0 Å². The molecule has 3 aromatic rings. The van der Waals surface area contributed by atoms with Gasteiger partial charge in [-0.15, -0.1) is 0 Å². The Morgan fingerprint density at radius 2 is 1.67 bits per heavy atom. The van der Waals surface area contributed by atoms with E-state index in [2.05, 4.69) is 10.2 Å². The SMILES string of the molecule is Oc1cc(-c2ccc(F)cc2)c(Cl)cc1-c1ccnnc1. The summed E-state index contributed by atoms with van der Waals surface area (Å²) in [5.74, 6) is -0.245. The second-order valence-corrected chi connectivity index (χ2v) is 4.89. The number of hydrogen-bond acceptors (Lipinski definition) is 3. The first-order valence-corrected chi connectivity index (χ1v) is 6.58. The van der Waals surface area contributed by atoms with E-state index >= 15 is 0 Å². The molecule has 3 nitrogen and oxygen atoms in total. The number of benzene rings is 2. The van der Waals surface area contributed by atoms with Crippen LogP contribution in [-0.4, -0.2) is 15.3 Å². The highest BCUT2D eigenvalue weighted by atomic mass is 35.5. The van der Waals surface area contributed by atoms with Gasteiger partial charge in [0.2, 0.25) is 0 Å². The Morgan fingerprint density at radius 3 is 2.33 bits per heavy atom. The Morgan fingerprint density at radius 1 is 0.905 bits per heavy atom. The molecule has 1 N–H and O–H groups in total. The van der Waals surface area contributed by atoms with Crippen molar-refractivity contribution in [2.45, 2.75) is 0 Å². The van der Waals surface area contributed by atoms with Crippen LogP contribution in [0.25, 0.3) is 22.3 Å². The number of aromatic nitrogens is 2. The fourth-order valence-electron chi connectivity index (χ4n) is 2.09. The topological polar surface area (TPSA) is 46.0 Å². The zero-order valence-corrected chi connectivity index (χ0v) is 11.5. The summed E-state index contributed by atoms with van der Waals surface area (Å²) in [6, 6.07) is 10.9. The molecule has 1 aromatic heterocycles. The first-order chi connectivity index (χ1) is 10.1. The van der Waals surface area contributed by atoms with Crippen LogP contribution in [-0.2, 0) is 0 Å². The van der Waals surface area contributed by atoms with Gasteiger partial charge in [0, 0.05) is 21.7 Å². The van der Waals surface area contributed by atoms with E-state index in [0.29, 0.717) is 16.1 Å². The monoisotopic (exact) mass is 300 g/mol. The number of phenols is 1. The smallest absolute Gasteiger partial charge is 0.124 e. The van der Waals surface area contributed by atoms with Crippen LogP contribution in [0.4, 0.5) is 4.39 Å². The maximum Gasteiger partial charge on any atom is 0.124 e. The van der Waals surface area contributed by atoms with Crippen molar-refractivity contribution in [1.82, 2.24) is 10.2 Å². The summed E-state index contributed by atoms with van der Waals surface area (Å²) in [5.41, 5.74) is 2.66. The van der Waals surface area contributed by atoms with E-state index in [4.69, 9.17) is 11.6 Å². The molecule has 0 saturated heterocycles. The number of hydrogen-bond donors (Lipinski definition) is 1. The molecule has 0 fully saturated rings. The predicted octanol–water partition coefficient (Wildman–Crippen LogP) is 4.31. The van der Waals surface area contributed by atoms with Gasteiger partial charge in [0.05, 0.1) is 12.4 Å². The molecule has 0 atom stereocenters. The van der Waals surface area contributed by atoms with Gasteiger partial charge >= 0.3 is 0 Å². The van der Waals surface area contributed by atoms with Crippen molar-refractivity contribution < 1.29 is 9.50 Å². The van der Waals surface area contributed by atoms with Crippen LogP contribution in [0, 0.1) is 5.82 Å². The van der Waals surface area contributed by atoms with Gasteiger partial charge < -0.3 is 5.11 Å². The lowest BCUT2D eigenvalue weighted by Gasteiger charge is -2.10. The standard InChI is InChI=1S/C16H10ClFN2O/c17-15-7-14(11-5-6-19-20-9-11)16(21)8-13(15)10-1-3-12(18)4-2-10/h1-9,21H. The number of rotatable bonds is 2. The zero-order chi connectivity index (χ0) is 14.8. The van der Waals surface area contributed by atoms with Crippen LogP contribution in [0.5, 0.6) is 5.75 Å². The van der Waals surface area contributed by atoms with Crippen molar-refractivity contribution in [2.24, 2.45) is 0 Å². The molecule has 0 aliphatic carbocycles. The van der Waals surface area contributed by atoms with Crippen LogP contribution in [0.2, 0.25) is 5.02 Å². The maximum absolute atomic E-state index is 13.0. The summed E-state index contributed by atoms with van der Waals surface area (Å²) >= 11 is 6.28. The van der Waals surface area contributed by atoms with E-state index in [1.807, 2.05) is 0 Å². The molecular weight excluding hydrogens is 291 g/mol. The molecule has 21 heavy (non-hydrogen) atoms. The highest BCUT2D eigenvalue weighted by molar-refractivity contribution is 6.33. The lowest BCUT2D eigenvalue weighted by atomic mass is 10.00. The average molecular weight is 301 g/mol. The molecule has 0 aliphatic heterocycles. The van der Waals surface area contributed by atoms with Gasteiger partial charge in [-0.3, -0.25) is 0 Å². The third-order valence-electron chi connectivity index (χ3n) is 3.14. The van der Waals surface area contributed by atoms with Crippen molar-refractivity contribution in [3.8, 4) is 28.0 Å². The number of nitrogens with zero attached hydrogens (tertiary/aromatic N) is 2. The molecule has 3 rings (SSSR count). The second kappa shape index (κ2) is 5.50. The van der Waals surface area contributed by atoms with Crippen LogP contribution in [0.15, 0.2) is 54.9 Å². The Hall–Kier alpha value is -2.46. The molecular formula is C16H10ClFN2O. The summed E-state index contributed by atoms with van der Waals surface area (Å²) in [5, 5.41) is 18.1. The fourth-order valence-corrected chi connectivity index (χ4v) is 2.37. The molecule has 0 saturated carbocycles. The normalized spacial score (nSPS) is 10.6. The third kappa shape index (κ3) is 2.71. The number of phenolic OH excluding ortho intramolecular Hbond substituents is 1. The Kier molecular flexibility index (Phi) is 3.54. The van der Waals surface area contributed by atoms with Gasteiger partial charge in [0.25, 0.3) is 0 Å². The van der Waals surface area contributed by atoms with E-state index in [0.717, 1.165) is 11.1 Å². The third-order valence-corrected chi connectivity index (χ3v) is 3.45. The van der Waals surface area contributed by atoms with Gasteiger partial charge in [-0.05, 0) is 35.9 Å². The molecule has 2 aromatic carbocycles. The molecule has 0 unspecified atom stereocenters. The van der Waals surface area contributed by atoms with Crippen molar-refractivity contribution >= 4 is 11.6 Å². The summed E-state index contributed by atoms with van der Waals surface area (Å²) < 4.78 is 13.0. The van der Waals surface area contributed by atoms with Gasteiger partial charge in [0.15, 0.2) is 0 Å². The Bertz CT molecular complexity index is 776. The minimum Gasteiger partial charge on any atom is -0.507 e. The molecule has 0 spiro atoms. The van der Waals surface area contributed by atoms with Crippen LogP contribution >= 0.6 is 11.6 Å². The van der Waals surface area contributed by atoms with E-state index in [-0.39, 0.29) is 11.6 Å². The molecule has 0 aliphatic rings. The molecule has 5 heteroatoms. The van der Waals surface area contributed by atoms with Gasteiger partial charge in [-0.1, -0.05) is 23.7 Å². The maximum atomic E-state index is 13.0. The van der Waals surface area contributed by atoms with Gasteiger partial charge in [-0.25, -0.2) is 4.39 Å². The summed E-state index contributed by atoms with van der Waals surface area (Å²) in [4.78, 5) is 0. The number of halogens is 2. The molecule has 0 radical (unpaired) electrons. The Labute approximate surface area is 125 Å². The molecule has 104 valence electrons.